The van der Waals surface area contributed by atoms with Gasteiger partial charge in [-0.2, -0.15) is 0 Å². The van der Waals surface area contributed by atoms with Gasteiger partial charge in [0.25, 0.3) is 5.91 Å². The van der Waals surface area contributed by atoms with E-state index in [1.54, 1.807) is 6.07 Å². The van der Waals surface area contributed by atoms with Gasteiger partial charge in [0.1, 0.15) is 5.69 Å². The van der Waals surface area contributed by atoms with E-state index in [0.717, 1.165) is 31.2 Å². The Kier molecular flexibility index (Phi) is 5.49. The van der Waals surface area contributed by atoms with Gasteiger partial charge in [-0.15, -0.1) is 0 Å². The number of hydrogen-bond donors (Lipinski definition) is 2. The normalized spacial score (nSPS) is 20.4. The zero-order valence-corrected chi connectivity index (χ0v) is 12.1. The van der Waals surface area contributed by atoms with Crippen LogP contribution in [-0.4, -0.2) is 28.9 Å². The lowest BCUT2D eigenvalue weighted by Crippen LogP contribution is -2.31. The molecule has 0 aromatic carbocycles. The molecule has 0 saturated carbocycles. The molecular formula is C15H24N4O. The van der Waals surface area contributed by atoms with Crippen LogP contribution in [0.25, 0.3) is 0 Å². The molecule has 1 aliphatic rings. The van der Waals surface area contributed by atoms with Crippen molar-refractivity contribution < 1.29 is 4.79 Å². The molecule has 1 fully saturated rings. The van der Waals surface area contributed by atoms with E-state index in [1.807, 2.05) is 12.1 Å². The van der Waals surface area contributed by atoms with E-state index in [2.05, 4.69) is 22.2 Å². The summed E-state index contributed by atoms with van der Waals surface area (Å²) in [6.07, 6.45) is 5.12. The first kappa shape index (κ1) is 14.9. The molecule has 1 unspecified atom stereocenters. The zero-order valence-electron chi connectivity index (χ0n) is 12.1. The molecule has 0 aliphatic carbocycles. The predicted octanol–water partition coefficient (Wildman–Crippen LogP) is 1.70. The summed E-state index contributed by atoms with van der Waals surface area (Å²) in [5, 5.41) is 0. The number of likely N-dealkylation sites (tertiary alicyclic amines) is 1. The van der Waals surface area contributed by atoms with Gasteiger partial charge in [0.05, 0.1) is 5.69 Å². The van der Waals surface area contributed by atoms with Gasteiger partial charge >= 0.3 is 0 Å². The van der Waals surface area contributed by atoms with Crippen LogP contribution in [0.3, 0.4) is 0 Å². The first-order chi connectivity index (χ1) is 9.72. The summed E-state index contributed by atoms with van der Waals surface area (Å²) < 4.78 is 0. The summed E-state index contributed by atoms with van der Waals surface area (Å²) in [4.78, 5) is 18.3. The van der Waals surface area contributed by atoms with Crippen molar-refractivity contribution >= 4 is 5.91 Å². The zero-order chi connectivity index (χ0) is 14.4. The molecule has 0 spiro atoms. The minimum Gasteiger partial charge on any atom is -0.298 e. The lowest BCUT2D eigenvalue weighted by molar-refractivity contribution is 0.0948. The van der Waals surface area contributed by atoms with Crippen molar-refractivity contribution in [3.05, 3.63) is 29.6 Å². The minimum absolute atomic E-state index is 0.339. The maximum Gasteiger partial charge on any atom is 0.283 e. The van der Waals surface area contributed by atoms with Crippen molar-refractivity contribution in [1.82, 2.24) is 15.3 Å². The number of amides is 1. The van der Waals surface area contributed by atoms with Crippen LogP contribution in [0.5, 0.6) is 0 Å². The van der Waals surface area contributed by atoms with E-state index >= 15 is 0 Å². The monoisotopic (exact) mass is 276 g/mol. The molecule has 20 heavy (non-hydrogen) atoms. The molecule has 1 amide bonds. The Labute approximate surface area is 120 Å². The molecule has 0 radical (unpaired) electrons. The lowest BCUT2D eigenvalue weighted by atomic mass is 9.98. The number of nitrogens with one attached hydrogen (secondary N) is 1. The van der Waals surface area contributed by atoms with Crippen LogP contribution in [0.2, 0.25) is 0 Å². The van der Waals surface area contributed by atoms with Crippen LogP contribution in [0, 0.1) is 5.92 Å². The molecule has 1 aliphatic heterocycles. The van der Waals surface area contributed by atoms with E-state index in [0.29, 0.717) is 5.69 Å². The number of nitrogen functional groups attached to an aromatic ring is 1. The van der Waals surface area contributed by atoms with Crippen molar-refractivity contribution in [1.29, 1.82) is 0 Å². The quantitative estimate of drug-likeness (QED) is 0.499. The molecule has 3 N–H and O–H groups in total. The number of carbonyl (C=O) groups excluding carboxylic acids is 1. The molecule has 1 saturated heterocycles. The van der Waals surface area contributed by atoms with Crippen molar-refractivity contribution in [3.8, 4) is 0 Å². The van der Waals surface area contributed by atoms with Crippen LogP contribution >= 0.6 is 0 Å². The Morgan fingerprint density at radius 2 is 2.30 bits per heavy atom. The predicted molar refractivity (Wildman–Crippen MR) is 78.8 cm³/mol. The number of aromatic nitrogens is 1. The van der Waals surface area contributed by atoms with Gasteiger partial charge in [0.15, 0.2) is 0 Å². The second kappa shape index (κ2) is 7.36. The van der Waals surface area contributed by atoms with Crippen molar-refractivity contribution in [3.63, 3.8) is 0 Å². The average Bonchev–Trinajstić information content (AvgIpc) is 2.72. The van der Waals surface area contributed by atoms with E-state index in [9.17, 15) is 4.79 Å². The third-order valence-electron chi connectivity index (χ3n) is 4.07. The van der Waals surface area contributed by atoms with Crippen molar-refractivity contribution in [2.45, 2.75) is 39.2 Å². The Balaban J connectivity index is 1.97. The van der Waals surface area contributed by atoms with Gasteiger partial charge < -0.3 is 0 Å². The Bertz CT molecular complexity index is 449. The molecule has 110 valence electrons. The van der Waals surface area contributed by atoms with Gasteiger partial charge in [0.2, 0.25) is 0 Å². The van der Waals surface area contributed by atoms with Crippen molar-refractivity contribution in [2.75, 3.05) is 13.1 Å². The highest BCUT2D eigenvalue weighted by atomic mass is 16.2. The Hall–Kier alpha value is -1.46. The number of rotatable bonds is 4. The van der Waals surface area contributed by atoms with Gasteiger partial charge in [-0.3, -0.25) is 15.1 Å². The summed E-state index contributed by atoms with van der Waals surface area (Å²) in [7, 11) is 0. The van der Waals surface area contributed by atoms with E-state index < -0.39 is 0 Å². The van der Waals surface area contributed by atoms with Crippen LogP contribution in [0.15, 0.2) is 18.2 Å². The number of nitrogens with two attached hydrogens (primary N) is 1. The number of nitrogens with zero attached hydrogens (tertiary/aromatic N) is 2. The number of pyridine rings is 1. The van der Waals surface area contributed by atoms with E-state index in [4.69, 9.17) is 5.84 Å². The smallest absolute Gasteiger partial charge is 0.283 e. The fourth-order valence-electron chi connectivity index (χ4n) is 2.79. The third kappa shape index (κ3) is 4.02. The van der Waals surface area contributed by atoms with Gasteiger partial charge in [0, 0.05) is 6.54 Å². The molecular weight excluding hydrogens is 252 g/mol. The highest BCUT2D eigenvalue weighted by Crippen LogP contribution is 2.21. The third-order valence-corrected chi connectivity index (χ3v) is 4.07. The fourth-order valence-corrected chi connectivity index (χ4v) is 2.79. The summed E-state index contributed by atoms with van der Waals surface area (Å²) in [5.41, 5.74) is 3.43. The minimum atomic E-state index is -0.339. The SMILES string of the molecule is CCC1CCCN(Cc2cccc(C(=O)NN)n2)CC1. The topological polar surface area (TPSA) is 71.2 Å². The van der Waals surface area contributed by atoms with Crippen LogP contribution < -0.4 is 11.3 Å². The molecule has 1 atom stereocenters. The molecule has 5 nitrogen and oxygen atoms in total. The van der Waals surface area contributed by atoms with Crippen LogP contribution in [-0.2, 0) is 6.54 Å². The van der Waals surface area contributed by atoms with E-state index in [1.165, 1.54) is 25.7 Å². The average molecular weight is 276 g/mol. The number of hydrogen-bond acceptors (Lipinski definition) is 4. The Morgan fingerprint density at radius 3 is 3.05 bits per heavy atom. The largest absolute Gasteiger partial charge is 0.298 e. The highest BCUT2D eigenvalue weighted by molar-refractivity contribution is 5.91. The summed E-state index contributed by atoms with van der Waals surface area (Å²) >= 11 is 0. The Morgan fingerprint density at radius 1 is 1.45 bits per heavy atom. The summed E-state index contributed by atoms with van der Waals surface area (Å²) in [6.45, 7) is 5.32. The first-order valence-electron chi connectivity index (χ1n) is 7.42. The second-order valence-corrected chi connectivity index (χ2v) is 5.47. The highest BCUT2D eigenvalue weighted by Gasteiger charge is 2.16. The van der Waals surface area contributed by atoms with Crippen LogP contribution in [0.4, 0.5) is 0 Å². The number of carbonyl (C=O) groups is 1. The van der Waals surface area contributed by atoms with Gasteiger partial charge in [-0.25, -0.2) is 10.8 Å². The van der Waals surface area contributed by atoms with Gasteiger partial charge in [-0.05, 0) is 50.4 Å². The maximum atomic E-state index is 11.5. The van der Waals surface area contributed by atoms with Crippen molar-refractivity contribution in [2.24, 2.45) is 11.8 Å². The summed E-state index contributed by atoms with van der Waals surface area (Å²) in [6, 6.07) is 5.51. The molecule has 2 heterocycles. The first-order valence-corrected chi connectivity index (χ1v) is 7.42. The maximum absolute atomic E-state index is 11.5. The molecule has 0 bridgehead atoms. The molecule has 1 aromatic rings. The lowest BCUT2D eigenvalue weighted by Gasteiger charge is -2.19. The summed E-state index contributed by atoms with van der Waals surface area (Å²) in [5.74, 6) is 5.66. The number of hydrazine groups is 1. The fraction of sp³-hybridized carbons (Fsp3) is 0.600. The van der Waals surface area contributed by atoms with Crippen LogP contribution in [0.1, 0.15) is 48.8 Å². The van der Waals surface area contributed by atoms with E-state index in [-0.39, 0.29) is 5.91 Å². The molecule has 5 heteroatoms. The molecule has 1 aromatic heterocycles. The van der Waals surface area contributed by atoms with Gasteiger partial charge in [-0.1, -0.05) is 19.4 Å². The standard InChI is InChI=1S/C15H24N4O/c1-2-12-5-4-9-19(10-8-12)11-13-6-3-7-14(17-13)15(20)18-16/h3,6-7,12H,2,4-5,8-11,16H2,1H3,(H,18,20). The molecule has 2 rings (SSSR count). The second-order valence-electron chi connectivity index (χ2n) is 5.47.